The van der Waals surface area contributed by atoms with Crippen molar-refractivity contribution in [1.82, 2.24) is 9.55 Å². The van der Waals surface area contributed by atoms with Gasteiger partial charge >= 0.3 is 5.69 Å². The van der Waals surface area contributed by atoms with Crippen LogP contribution in [0, 0.1) is 17.1 Å². The summed E-state index contributed by atoms with van der Waals surface area (Å²) in [6, 6.07) is 1.56. The van der Waals surface area contributed by atoms with Crippen molar-refractivity contribution in [2.75, 3.05) is 12.3 Å². The van der Waals surface area contributed by atoms with Crippen molar-refractivity contribution < 1.29 is 24.4 Å². The number of nitrogens with zero attached hydrogens (tertiary/aromatic N) is 3. The van der Waals surface area contributed by atoms with E-state index in [1.165, 1.54) is 6.92 Å². The standard InChI is InChI=1S/C12H15FN4O5/c1-10(5-18)8(19)11(2,21)12(4-14,22-10)17-3-6(13)7(15)16-9(17)20/h3,8,18-19,21H,5H2,1-2H3,(H2,15,16,20). The second kappa shape index (κ2) is 4.72. The van der Waals surface area contributed by atoms with Crippen LogP contribution in [0.3, 0.4) is 0 Å². The summed E-state index contributed by atoms with van der Waals surface area (Å²) in [7, 11) is 0. The molecular weight excluding hydrogens is 299 g/mol. The molecule has 0 aromatic carbocycles. The van der Waals surface area contributed by atoms with Crippen molar-refractivity contribution in [3.8, 4) is 6.07 Å². The molecule has 1 aromatic heterocycles. The van der Waals surface area contributed by atoms with E-state index in [4.69, 9.17) is 10.5 Å². The lowest BCUT2D eigenvalue weighted by molar-refractivity contribution is -0.171. The van der Waals surface area contributed by atoms with E-state index >= 15 is 0 Å². The summed E-state index contributed by atoms with van der Waals surface area (Å²) in [5.41, 5.74) is -2.58. The van der Waals surface area contributed by atoms with Gasteiger partial charge in [0.15, 0.2) is 17.2 Å². The lowest BCUT2D eigenvalue weighted by atomic mass is 9.84. The van der Waals surface area contributed by atoms with Gasteiger partial charge in [-0.25, -0.2) is 9.18 Å². The molecule has 0 saturated carbocycles. The third kappa shape index (κ3) is 1.84. The normalized spacial score (nSPS) is 38.0. The number of hydrogen-bond acceptors (Lipinski definition) is 8. The van der Waals surface area contributed by atoms with Crippen molar-refractivity contribution >= 4 is 5.82 Å². The number of aliphatic hydroxyl groups excluding tert-OH is 2. The molecule has 0 aliphatic carbocycles. The van der Waals surface area contributed by atoms with E-state index in [0.717, 1.165) is 6.92 Å². The molecule has 2 rings (SSSR count). The fraction of sp³-hybridized carbons (Fsp3) is 0.583. The Labute approximate surface area is 124 Å². The molecule has 10 heteroatoms. The molecular formula is C12H15FN4O5. The summed E-state index contributed by atoms with van der Waals surface area (Å²) in [6.07, 6.45) is -1.18. The maximum absolute atomic E-state index is 13.6. The zero-order chi connectivity index (χ0) is 16.9. The van der Waals surface area contributed by atoms with Gasteiger partial charge in [0, 0.05) is 0 Å². The fourth-order valence-corrected chi connectivity index (χ4v) is 2.55. The number of nitriles is 1. The smallest absolute Gasteiger partial charge is 0.352 e. The Balaban J connectivity index is 2.78. The van der Waals surface area contributed by atoms with E-state index in [1.807, 2.05) is 0 Å². The van der Waals surface area contributed by atoms with Crippen LogP contribution in [0.4, 0.5) is 10.2 Å². The van der Waals surface area contributed by atoms with Crippen LogP contribution >= 0.6 is 0 Å². The summed E-state index contributed by atoms with van der Waals surface area (Å²) in [4.78, 5) is 15.2. The number of ether oxygens (including phenoxy) is 1. The Morgan fingerprint density at radius 1 is 1.64 bits per heavy atom. The predicted molar refractivity (Wildman–Crippen MR) is 69.7 cm³/mol. The predicted octanol–water partition coefficient (Wildman–Crippen LogP) is -1.97. The first-order chi connectivity index (χ1) is 10.1. The van der Waals surface area contributed by atoms with Gasteiger partial charge in [-0.1, -0.05) is 0 Å². The van der Waals surface area contributed by atoms with E-state index in [2.05, 4.69) is 4.98 Å². The van der Waals surface area contributed by atoms with Gasteiger partial charge < -0.3 is 25.8 Å². The molecule has 1 aliphatic heterocycles. The summed E-state index contributed by atoms with van der Waals surface area (Å²) >= 11 is 0. The molecule has 2 heterocycles. The number of hydrogen-bond donors (Lipinski definition) is 4. The van der Waals surface area contributed by atoms with Crippen LogP contribution in [0.15, 0.2) is 11.0 Å². The highest BCUT2D eigenvalue weighted by Crippen LogP contribution is 2.47. The molecule has 0 spiro atoms. The average molecular weight is 314 g/mol. The lowest BCUT2D eigenvalue weighted by Crippen LogP contribution is -2.58. The lowest BCUT2D eigenvalue weighted by Gasteiger charge is -2.34. The number of anilines is 1. The summed E-state index contributed by atoms with van der Waals surface area (Å²) in [5, 5.41) is 39.5. The summed E-state index contributed by atoms with van der Waals surface area (Å²) in [5.74, 6) is -1.79. The van der Waals surface area contributed by atoms with Gasteiger partial charge in [-0.3, -0.25) is 4.57 Å². The van der Waals surface area contributed by atoms with Gasteiger partial charge in [-0.05, 0) is 13.8 Å². The quantitative estimate of drug-likeness (QED) is 0.490. The molecule has 1 aromatic rings. The SMILES string of the molecule is CC1(CO)OC(C#N)(n2cc(F)c(N)nc2=O)C(C)(O)C1O. The first-order valence-electron chi connectivity index (χ1n) is 6.23. The van der Waals surface area contributed by atoms with Crippen molar-refractivity contribution in [1.29, 1.82) is 5.26 Å². The molecule has 0 amide bonds. The van der Waals surface area contributed by atoms with Crippen molar-refractivity contribution in [3.05, 3.63) is 22.5 Å². The fourth-order valence-electron chi connectivity index (χ4n) is 2.55. The Morgan fingerprint density at radius 3 is 2.68 bits per heavy atom. The minimum absolute atomic E-state index is 0.406. The Morgan fingerprint density at radius 2 is 2.23 bits per heavy atom. The third-order valence-corrected chi connectivity index (χ3v) is 3.89. The molecule has 0 bridgehead atoms. The Bertz CT molecular complexity index is 714. The van der Waals surface area contributed by atoms with E-state index in [-0.39, 0.29) is 0 Å². The number of aromatic nitrogens is 2. The summed E-state index contributed by atoms with van der Waals surface area (Å²) in [6.45, 7) is 1.51. The van der Waals surface area contributed by atoms with Gasteiger partial charge in [-0.15, -0.1) is 0 Å². The first kappa shape index (κ1) is 16.3. The van der Waals surface area contributed by atoms with Crippen LogP contribution in [0.2, 0.25) is 0 Å². The van der Waals surface area contributed by atoms with Crippen LogP contribution in [-0.4, -0.2) is 48.8 Å². The van der Waals surface area contributed by atoms with Crippen LogP contribution in [0.25, 0.3) is 0 Å². The second-order valence-electron chi connectivity index (χ2n) is 5.51. The zero-order valence-corrected chi connectivity index (χ0v) is 11.8. The first-order valence-corrected chi connectivity index (χ1v) is 6.23. The topological polar surface area (TPSA) is 155 Å². The van der Waals surface area contributed by atoms with Gasteiger partial charge in [0.05, 0.1) is 12.8 Å². The van der Waals surface area contributed by atoms with Crippen molar-refractivity contribution in [3.63, 3.8) is 0 Å². The monoisotopic (exact) mass is 314 g/mol. The third-order valence-electron chi connectivity index (χ3n) is 3.89. The minimum Gasteiger partial charge on any atom is -0.393 e. The molecule has 0 radical (unpaired) electrons. The highest BCUT2D eigenvalue weighted by molar-refractivity contribution is 5.29. The van der Waals surface area contributed by atoms with Crippen LogP contribution in [-0.2, 0) is 10.5 Å². The van der Waals surface area contributed by atoms with E-state index in [0.29, 0.717) is 10.8 Å². The molecule has 120 valence electrons. The molecule has 22 heavy (non-hydrogen) atoms. The molecule has 4 atom stereocenters. The second-order valence-corrected chi connectivity index (χ2v) is 5.51. The van der Waals surface area contributed by atoms with E-state index < -0.39 is 47.0 Å². The number of aliphatic hydroxyl groups is 3. The van der Waals surface area contributed by atoms with Gasteiger partial charge in [0.25, 0.3) is 5.72 Å². The number of halogens is 1. The Kier molecular flexibility index (Phi) is 3.50. The summed E-state index contributed by atoms with van der Waals surface area (Å²) < 4.78 is 19.4. The molecule has 1 saturated heterocycles. The van der Waals surface area contributed by atoms with E-state index in [9.17, 15) is 29.8 Å². The van der Waals surface area contributed by atoms with Gasteiger partial charge in [-0.2, -0.15) is 10.2 Å². The minimum atomic E-state index is -2.50. The van der Waals surface area contributed by atoms with E-state index in [1.54, 1.807) is 6.07 Å². The molecule has 1 aliphatic rings. The van der Waals surface area contributed by atoms with Crippen molar-refractivity contribution in [2.24, 2.45) is 0 Å². The largest absolute Gasteiger partial charge is 0.393 e. The van der Waals surface area contributed by atoms with Gasteiger partial charge in [0.1, 0.15) is 17.8 Å². The van der Waals surface area contributed by atoms with Crippen LogP contribution in [0.5, 0.6) is 0 Å². The Hall–Kier alpha value is -2.06. The van der Waals surface area contributed by atoms with Crippen molar-refractivity contribution in [2.45, 2.75) is 36.9 Å². The number of nitrogen functional groups attached to an aromatic ring is 1. The van der Waals surface area contributed by atoms with Gasteiger partial charge in [0.2, 0.25) is 0 Å². The number of nitrogens with two attached hydrogens (primary N) is 1. The van der Waals surface area contributed by atoms with Crippen LogP contribution in [0.1, 0.15) is 13.8 Å². The van der Waals surface area contributed by atoms with Crippen LogP contribution < -0.4 is 11.4 Å². The molecule has 5 N–H and O–H groups in total. The molecule has 4 unspecified atom stereocenters. The highest BCUT2D eigenvalue weighted by Gasteiger charge is 2.69. The number of rotatable bonds is 2. The maximum Gasteiger partial charge on any atom is 0.352 e. The molecule has 1 fully saturated rings. The average Bonchev–Trinajstić information content (AvgIpc) is 2.62. The highest BCUT2D eigenvalue weighted by atomic mass is 19.1. The maximum atomic E-state index is 13.6. The zero-order valence-electron chi connectivity index (χ0n) is 11.8. The molecule has 9 nitrogen and oxygen atoms in total.